The van der Waals surface area contributed by atoms with E-state index in [4.69, 9.17) is 22.1 Å². The Balaban J connectivity index is 2.13. The standard InChI is InChI=1S/C15H13ClFN3OS/c16-12-5-3-6-13(17)11(12)9-21-14-7-2-1-4-10(14)8-19-20-15(18)22/h1-8H,9H2,(H3,18,20,22)/b19-8+. The third-order valence-corrected chi connectivity index (χ3v) is 3.18. The van der Waals surface area contributed by atoms with Crippen LogP contribution in [-0.4, -0.2) is 11.3 Å². The quantitative estimate of drug-likeness (QED) is 0.499. The Morgan fingerprint density at radius 1 is 1.32 bits per heavy atom. The van der Waals surface area contributed by atoms with Crippen molar-refractivity contribution in [3.05, 3.63) is 64.4 Å². The van der Waals surface area contributed by atoms with Gasteiger partial charge in [-0.05, 0) is 36.5 Å². The third-order valence-electron chi connectivity index (χ3n) is 2.73. The number of halogens is 2. The summed E-state index contributed by atoms with van der Waals surface area (Å²) in [6, 6.07) is 11.7. The largest absolute Gasteiger partial charge is 0.488 e. The van der Waals surface area contributed by atoms with Gasteiger partial charge >= 0.3 is 0 Å². The number of rotatable bonds is 5. The summed E-state index contributed by atoms with van der Waals surface area (Å²) < 4.78 is 19.4. The zero-order valence-corrected chi connectivity index (χ0v) is 13.0. The normalized spacial score (nSPS) is 10.6. The van der Waals surface area contributed by atoms with Crippen LogP contribution in [-0.2, 0) is 6.61 Å². The minimum absolute atomic E-state index is 0.0130. The van der Waals surface area contributed by atoms with Gasteiger partial charge in [0.05, 0.1) is 11.2 Å². The zero-order valence-electron chi connectivity index (χ0n) is 11.4. The number of nitrogens with one attached hydrogen (secondary N) is 1. The molecule has 3 N–H and O–H groups in total. The molecule has 0 saturated carbocycles. The highest BCUT2D eigenvalue weighted by Gasteiger charge is 2.08. The second-order valence-electron chi connectivity index (χ2n) is 4.26. The van der Waals surface area contributed by atoms with Gasteiger partial charge < -0.3 is 10.5 Å². The van der Waals surface area contributed by atoms with Crippen molar-refractivity contribution < 1.29 is 9.13 Å². The molecule has 0 aliphatic carbocycles. The van der Waals surface area contributed by atoms with Crippen LogP contribution in [0.2, 0.25) is 5.02 Å². The van der Waals surface area contributed by atoms with Gasteiger partial charge in [-0.1, -0.05) is 29.8 Å². The smallest absolute Gasteiger partial charge is 0.184 e. The molecule has 0 aliphatic heterocycles. The van der Waals surface area contributed by atoms with Gasteiger partial charge in [-0.2, -0.15) is 5.10 Å². The maximum atomic E-state index is 13.7. The molecule has 2 aromatic carbocycles. The Labute approximate surface area is 137 Å². The van der Waals surface area contributed by atoms with Gasteiger partial charge in [0.1, 0.15) is 18.2 Å². The van der Waals surface area contributed by atoms with Crippen LogP contribution in [0, 0.1) is 5.82 Å². The molecule has 4 nitrogen and oxygen atoms in total. The molecule has 0 spiro atoms. The Hall–Kier alpha value is -2.18. The van der Waals surface area contributed by atoms with Crippen molar-refractivity contribution in [1.29, 1.82) is 0 Å². The maximum absolute atomic E-state index is 13.7. The van der Waals surface area contributed by atoms with E-state index in [1.165, 1.54) is 12.3 Å². The van der Waals surface area contributed by atoms with Crippen molar-refractivity contribution in [2.75, 3.05) is 0 Å². The third kappa shape index (κ3) is 4.41. The Morgan fingerprint density at radius 2 is 2.09 bits per heavy atom. The van der Waals surface area contributed by atoms with E-state index >= 15 is 0 Å². The van der Waals surface area contributed by atoms with Crippen LogP contribution >= 0.6 is 23.8 Å². The van der Waals surface area contributed by atoms with Crippen LogP contribution < -0.4 is 15.9 Å². The van der Waals surface area contributed by atoms with Gasteiger partial charge in [-0.3, -0.25) is 5.43 Å². The fourth-order valence-corrected chi connectivity index (χ4v) is 1.97. The summed E-state index contributed by atoms with van der Waals surface area (Å²) in [5.74, 6) is 0.129. The number of thiocarbonyl (C=S) groups is 1. The summed E-state index contributed by atoms with van der Waals surface area (Å²) in [5.41, 5.74) is 8.73. The summed E-state index contributed by atoms with van der Waals surface area (Å²) in [6.45, 7) is 0.0130. The van der Waals surface area contributed by atoms with E-state index in [0.717, 1.165) is 0 Å². The number of nitrogens with two attached hydrogens (primary N) is 1. The van der Waals surface area contributed by atoms with Crippen molar-refractivity contribution in [2.45, 2.75) is 6.61 Å². The summed E-state index contributed by atoms with van der Waals surface area (Å²) in [6.07, 6.45) is 1.51. The molecule has 0 heterocycles. The SMILES string of the molecule is NC(=S)N/N=C/c1ccccc1OCc1c(F)cccc1Cl. The Bertz CT molecular complexity index is 689. The molecule has 114 valence electrons. The lowest BCUT2D eigenvalue weighted by Crippen LogP contribution is -2.24. The Kier molecular flexibility index (Phi) is 5.68. The van der Waals surface area contributed by atoms with Gasteiger partial charge in [0.15, 0.2) is 5.11 Å². The van der Waals surface area contributed by atoms with Crippen molar-refractivity contribution in [3.8, 4) is 5.75 Å². The predicted molar refractivity (Wildman–Crippen MR) is 89.7 cm³/mol. The van der Waals surface area contributed by atoms with Crippen LogP contribution in [0.1, 0.15) is 11.1 Å². The van der Waals surface area contributed by atoms with Crippen LogP contribution in [0.4, 0.5) is 4.39 Å². The number of hydrogen-bond donors (Lipinski definition) is 2. The highest BCUT2D eigenvalue weighted by molar-refractivity contribution is 7.80. The van der Waals surface area contributed by atoms with E-state index in [2.05, 4.69) is 22.7 Å². The highest BCUT2D eigenvalue weighted by atomic mass is 35.5. The lowest BCUT2D eigenvalue weighted by Gasteiger charge is -2.10. The lowest BCUT2D eigenvalue weighted by molar-refractivity contribution is 0.299. The molecule has 0 fully saturated rings. The first kappa shape index (κ1) is 16.2. The molecule has 0 amide bonds. The van der Waals surface area contributed by atoms with Gasteiger partial charge in [0.2, 0.25) is 0 Å². The average Bonchev–Trinajstić information content (AvgIpc) is 2.48. The zero-order chi connectivity index (χ0) is 15.9. The van der Waals surface area contributed by atoms with Crippen LogP contribution in [0.3, 0.4) is 0 Å². The van der Waals surface area contributed by atoms with E-state index in [0.29, 0.717) is 21.9 Å². The van der Waals surface area contributed by atoms with E-state index in [-0.39, 0.29) is 11.7 Å². The van der Waals surface area contributed by atoms with E-state index < -0.39 is 5.82 Å². The van der Waals surface area contributed by atoms with Crippen molar-refractivity contribution in [2.24, 2.45) is 10.8 Å². The van der Waals surface area contributed by atoms with Crippen molar-refractivity contribution in [3.63, 3.8) is 0 Å². The van der Waals surface area contributed by atoms with Gasteiger partial charge in [-0.25, -0.2) is 4.39 Å². The van der Waals surface area contributed by atoms with Crippen molar-refractivity contribution in [1.82, 2.24) is 5.43 Å². The molecule has 0 atom stereocenters. The number of hydrogen-bond acceptors (Lipinski definition) is 3. The number of ether oxygens (including phenoxy) is 1. The number of nitrogens with zero attached hydrogens (tertiary/aromatic N) is 1. The van der Waals surface area contributed by atoms with E-state index in [1.54, 1.807) is 30.3 Å². The molecule has 0 aliphatic rings. The number of para-hydroxylation sites is 1. The van der Waals surface area contributed by atoms with Crippen LogP contribution in [0.5, 0.6) is 5.75 Å². The highest BCUT2D eigenvalue weighted by Crippen LogP contribution is 2.23. The fourth-order valence-electron chi connectivity index (χ4n) is 1.70. The lowest BCUT2D eigenvalue weighted by atomic mass is 10.2. The van der Waals surface area contributed by atoms with Gasteiger partial charge in [0, 0.05) is 11.1 Å². The molecule has 2 rings (SSSR count). The van der Waals surface area contributed by atoms with Crippen LogP contribution in [0.15, 0.2) is 47.6 Å². The molecule has 2 aromatic rings. The molecule has 7 heteroatoms. The van der Waals surface area contributed by atoms with Crippen molar-refractivity contribution >= 4 is 35.1 Å². The molecule has 0 aromatic heterocycles. The maximum Gasteiger partial charge on any atom is 0.184 e. The number of hydrazone groups is 1. The average molecular weight is 338 g/mol. The summed E-state index contributed by atoms with van der Waals surface area (Å²) in [7, 11) is 0. The second kappa shape index (κ2) is 7.72. The molecule has 0 bridgehead atoms. The molecule has 0 unspecified atom stereocenters. The minimum atomic E-state index is -0.409. The number of benzene rings is 2. The Morgan fingerprint density at radius 3 is 2.82 bits per heavy atom. The predicted octanol–water partition coefficient (Wildman–Crippen LogP) is 3.23. The summed E-state index contributed by atoms with van der Waals surface area (Å²) in [4.78, 5) is 0. The van der Waals surface area contributed by atoms with E-state index in [9.17, 15) is 4.39 Å². The topological polar surface area (TPSA) is 59.6 Å². The second-order valence-corrected chi connectivity index (χ2v) is 5.11. The molecule has 0 radical (unpaired) electrons. The van der Waals surface area contributed by atoms with Crippen LogP contribution in [0.25, 0.3) is 0 Å². The minimum Gasteiger partial charge on any atom is -0.488 e. The van der Waals surface area contributed by atoms with Gasteiger partial charge in [0.25, 0.3) is 0 Å². The molecule has 22 heavy (non-hydrogen) atoms. The summed E-state index contributed by atoms with van der Waals surface area (Å²) >= 11 is 10.6. The first-order valence-electron chi connectivity index (χ1n) is 6.31. The first-order valence-corrected chi connectivity index (χ1v) is 7.10. The fraction of sp³-hybridized carbons (Fsp3) is 0.0667. The summed E-state index contributed by atoms with van der Waals surface area (Å²) in [5, 5.41) is 4.25. The van der Waals surface area contributed by atoms with E-state index in [1.807, 2.05) is 6.07 Å². The monoisotopic (exact) mass is 337 g/mol. The van der Waals surface area contributed by atoms with Gasteiger partial charge in [-0.15, -0.1) is 0 Å². The molecule has 0 saturated heterocycles. The molecular formula is C15H13ClFN3OS. The first-order chi connectivity index (χ1) is 10.6. The molecular weight excluding hydrogens is 325 g/mol.